The lowest BCUT2D eigenvalue weighted by atomic mass is 10.1. The topological polar surface area (TPSA) is 105 Å². The van der Waals surface area contributed by atoms with E-state index in [2.05, 4.69) is 15.3 Å². The van der Waals surface area contributed by atoms with Crippen LogP contribution in [0, 0.1) is 18.6 Å². The Morgan fingerprint density at radius 3 is 2.36 bits per heavy atom. The van der Waals surface area contributed by atoms with Gasteiger partial charge in [0.1, 0.15) is 11.4 Å². The fourth-order valence-corrected chi connectivity index (χ4v) is 6.02. The maximum absolute atomic E-state index is 15.4. The van der Waals surface area contributed by atoms with Crippen LogP contribution in [0.5, 0.6) is 17.4 Å². The first-order chi connectivity index (χ1) is 21.7. The van der Waals surface area contributed by atoms with Crippen LogP contribution in [0.4, 0.5) is 14.5 Å². The molecule has 12 heteroatoms. The second kappa shape index (κ2) is 12.2. The maximum atomic E-state index is 15.4. The van der Waals surface area contributed by atoms with Crippen LogP contribution in [-0.2, 0) is 0 Å². The monoisotopic (exact) mass is 630 g/mol. The molecule has 3 heterocycles. The van der Waals surface area contributed by atoms with E-state index in [1.807, 2.05) is 6.92 Å². The first kappa shape index (κ1) is 30.1. The summed E-state index contributed by atoms with van der Waals surface area (Å²) >= 11 is 0.876. The summed E-state index contributed by atoms with van der Waals surface area (Å²) < 4.78 is 47.7. The number of pyridine rings is 3. The van der Waals surface area contributed by atoms with Crippen molar-refractivity contribution in [3.8, 4) is 23.1 Å². The Labute approximate surface area is 261 Å². The molecule has 1 amide bonds. The Kier molecular flexibility index (Phi) is 8.15. The molecule has 1 aliphatic carbocycles. The lowest BCUT2D eigenvalue weighted by Crippen LogP contribution is -2.30. The summed E-state index contributed by atoms with van der Waals surface area (Å²) in [4.78, 5) is 35.7. The maximum Gasteiger partial charge on any atom is 0.268 e. The van der Waals surface area contributed by atoms with E-state index in [1.165, 1.54) is 44.1 Å². The summed E-state index contributed by atoms with van der Waals surface area (Å²) in [5, 5.41) is 3.04. The summed E-state index contributed by atoms with van der Waals surface area (Å²) in [5.74, 6) is -0.594. The zero-order valence-corrected chi connectivity index (χ0v) is 25.6. The molecule has 45 heavy (non-hydrogen) atoms. The Balaban J connectivity index is 1.29. The average Bonchev–Trinajstić information content (AvgIpc) is 3.88. The summed E-state index contributed by atoms with van der Waals surface area (Å²) in [5.41, 5.74) is 2.07. The van der Waals surface area contributed by atoms with Crippen molar-refractivity contribution in [2.24, 2.45) is 0 Å². The Hall–Kier alpha value is -4.97. The number of aromatic nitrogens is 3. The van der Waals surface area contributed by atoms with Gasteiger partial charge in [0.05, 0.1) is 49.8 Å². The van der Waals surface area contributed by atoms with Crippen LogP contribution in [0.25, 0.3) is 16.6 Å². The molecule has 5 aromatic rings. The number of amides is 1. The molecule has 0 aliphatic heterocycles. The van der Waals surface area contributed by atoms with Gasteiger partial charge in [-0.2, -0.15) is 0 Å². The van der Waals surface area contributed by atoms with Gasteiger partial charge in [-0.05, 0) is 67.6 Å². The second-order valence-electron chi connectivity index (χ2n) is 10.5. The normalized spacial score (nSPS) is 12.7. The van der Waals surface area contributed by atoms with Gasteiger partial charge >= 0.3 is 0 Å². The minimum absolute atomic E-state index is 0.108. The standard InChI is InChI=1S/C33H28F2N4O5S/c1-17-11-30(44-4)37-16-26(17)39-25(18-5-6-18)9-8-20(33(39)41)32(40)38-19-7-10-29(22(34)12-19)45-31-21-13-27(42-2)28(43-3)14-24(21)36-15-23(31)35/h7-16,18H,5-6H2,1-4H3,(H,38,40). The summed E-state index contributed by atoms with van der Waals surface area (Å²) in [7, 11) is 4.46. The molecule has 0 bridgehead atoms. The van der Waals surface area contributed by atoms with E-state index in [1.54, 1.807) is 30.5 Å². The van der Waals surface area contributed by atoms with Crippen molar-refractivity contribution >= 4 is 34.3 Å². The quantitative estimate of drug-likeness (QED) is 0.193. The van der Waals surface area contributed by atoms with Gasteiger partial charge in [-0.3, -0.25) is 19.1 Å². The highest BCUT2D eigenvalue weighted by atomic mass is 32.2. The van der Waals surface area contributed by atoms with Crippen LogP contribution in [0.15, 0.2) is 75.5 Å². The van der Waals surface area contributed by atoms with Gasteiger partial charge in [0.25, 0.3) is 11.5 Å². The smallest absolute Gasteiger partial charge is 0.268 e. The molecule has 2 aromatic carbocycles. The molecular formula is C33H28F2N4O5S. The first-order valence-corrected chi connectivity index (χ1v) is 14.8. The highest BCUT2D eigenvalue weighted by Crippen LogP contribution is 2.42. The van der Waals surface area contributed by atoms with Crippen LogP contribution in [0.2, 0.25) is 0 Å². The molecule has 6 rings (SSSR count). The van der Waals surface area contributed by atoms with Crippen molar-refractivity contribution < 1.29 is 27.8 Å². The van der Waals surface area contributed by atoms with E-state index in [4.69, 9.17) is 14.2 Å². The average molecular weight is 631 g/mol. The number of aryl methyl sites for hydroxylation is 1. The second-order valence-corrected chi connectivity index (χ2v) is 11.5. The molecule has 0 saturated heterocycles. The third-order valence-electron chi connectivity index (χ3n) is 7.54. The number of anilines is 1. The summed E-state index contributed by atoms with van der Waals surface area (Å²) in [6, 6.07) is 12.2. The number of hydrogen-bond donors (Lipinski definition) is 1. The third kappa shape index (κ3) is 5.80. The minimum Gasteiger partial charge on any atom is -0.493 e. The Morgan fingerprint density at radius 2 is 1.69 bits per heavy atom. The number of fused-ring (bicyclic) bond motifs is 1. The van der Waals surface area contributed by atoms with Crippen LogP contribution >= 0.6 is 11.8 Å². The molecule has 1 aliphatic rings. The van der Waals surface area contributed by atoms with Crippen molar-refractivity contribution in [1.82, 2.24) is 14.5 Å². The predicted octanol–water partition coefficient (Wildman–Crippen LogP) is 6.67. The largest absolute Gasteiger partial charge is 0.493 e. The van der Waals surface area contributed by atoms with E-state index in [0.717, 1.165) is 48.1 Å². The van der Waals surface area contributed by atoms with Crippen molar-refractivity contribution in [2.45, 2.75) is 35.5 Å². The number of rotatable bonds is 9. The lowest BCUT2D eigenvalue weighted by molar-refractivity contribution is 0.102. The Morgan fingerprint density at radius 1 is 0.933 bits per heavy atom. The number of carbonyl (C=O) groups is 1. The SMILES string of the molecule is COc1cc(C)c(-n2c(C3CC3)ccc(C(=O)Nc3ccc(Sc4c(F)cnc5cc(OC)c(OC)cc45)c(F)c3)c2=O)cn1. The van der Waals surface area contributed by atoms with E-state index in [-0.39, 0.29) is 27.0 Å². The molecule has 3 aromatic heterocycles. The van der Waals surface area contributed by atoms with Crippen LogP contribution in [0.1, 0.15) is 40.4 Å². The van der Waals surface area contributed by atoms with Gasteiger partial charge in [-0.15, -0.1) is 0 Å². The zero-order chi connectivity index (χ0) is 31.8. The number of halogens is 2. The number of carbonyl (C=O) groups excluding carboxylic acids is 1. The molecule has 1 fully saturated rings. The predicted molar refractivity (Wildman–Crippen MR) is 166 cm³/mol. The van der Waals surface area contributed by atoms with Crippen LogP contribution in [-0.4, -0.2) is 41.8 Å². The molecular weight excluding hydrogens is 602 g/mol. The molecule has 0 atom stereocenters. The molecule has 0 radical (unpaired) electrons. The van der Waals surface area contributed by atoms with Crippen LogP contribution < -0.4 is 25.1 Å². The number of nitrogens with zero attached hydrogens (tertiary/aromatic N) is 3. The zero-order valence-electron chi connectivity index (χ0n) is 24.8. The number of benzene rings is 2. The van der Waals surface area contributed by atoms with E-state index < -0.39 is 23.1 Å². The number of methoxy groups -OCH3 is 3. The molecule has 9 nitrogen and oxygen atoms in total. The number of ether oxygens (including phenoxy) is 3. The van der Waals surface area contributed by atoms with E-state index >= 15 is 4.39 Å². The fourth-order valence-electron chi connectivity index (χ4n) is 5.08. The van der Waals surface area contributed by atoms with Crippen molar-refractivity contribution in [1.29, 1.82) is 0 Å². The highest BCUT2D eigenvalue weighted by Gasteiger charge is 2.29. The van der Waals surface area contributed by atoms with Gasteiger partial charge in [-0.25, -0.2) is 13.8 Å². The first-order valence-electron chi connectivity index (χ1n) is 14.0. The van der Waals surface area contributed by atoms with Gasteiger partial charge in [-0.1, -0.05) is 11.8 Å². The lowest BCUT2D eigenvalue weighted by Gasteiger charge is -2.16. The highest BCUT2D eigenvalue weighted by molar-refractivity contribution is 7.99. The van der Waals surface area contributed by atoms with Gasteiger partial charge in [0.2, 0.25) is 5.88 Å². The number of hydrogen-bond acceptors (Lipinski definition) is 8. The van der Waals surface area contributed by atoms with Gasteiger partial charge < -0.3 is 19.5 Å². The van der Waals surface area contributed by atoms with Crippen LogP contribution in [0.3, 0.4) is 0 Å². The molecule has 0 unspecified atom stereocenters. The van der Waals surface area contributed by atoms with Crippen molar-refractivity contribution in [2.75, 3.05) is 26.6 Å². The minimum atomic E-state index is -0.692. The van der Waals surface area contributed by atoms with E-state index in [9.17, 15) is 14.0 Å². The van der Waals surface area contributed by atoms with Gasteiger partial charge in [0, 0.05) is 33.8 Å². The Bertz CT molecular complexity index is 2030. The third-order valence-corrected chi connectivity index (χ3v) is 8.71. The summed E-state index contributed by atoms with van der Waals surface area (Å²) in [6.07, 6.45) is 4.50. The molecule has 0 spiro atoms. The van der Waals surface area contributed by atoms with Crippen molar-refractivity contribution in [3.63, 3.8) is 0 Å². The number of nitrogens with one attached hydrogen (secondary N) is 1. The molecule has 1 N–H and O–H groups in total. The van der Waals surface area contributed by atoms with Crippen molar-refractivity contribution in [3.05, 3.63) is 99.7 Å². The fraction of sp³-hybridized carbons (Fsp3) is 0.212. The summed E-state index contributed by atoms with van der Waals surface area (Å²) in [6.45, 7) is 1.84. The van der Waals surface area contributed by atoms with Gasteiger partial charge in [0.15, 0.2) is 17.3 Å². The van der Waals surface area contributed by atoms with E-state index in [0.29, 0.717) is 34.0 Å². The molecule has 1 saturated carbocycles. The molecule has 230 valence electrons.